The van der Waals surface area contributed by atoms with E-state index in [-0.39, 0.29) is 11.8 Å². The molecule has 2 aromatic rings. The molecule has 0 aromatic heterocycles. The topological polar surface area (TPSA) is 37.4 Å². The molecule has 0 heterocycles. The Kier molecular flexibility index (Phi) is 2.91. The van der Waals surface area contributed by atoms with Gasteiger partial charge >= 0.3 is 0 Å². The summed E-state index contributed by atoms with van der Waals surface area (Å²) in [6, 6.07) is 13.1. The molecule has 0 fully saturated rings. The first-order chi connectivity index (χ1) is 8.11. The van der Waals surface area contributed by atoms with E-state index in [0.717, 1.165) is 15.7 Å². The minimum Gasteiger partial charge on any atom is -0.282 e. The van der Waals surface area contributed by atoms with Crippen molar-refractivity contribution in [3.8, 4) is 0 Å². The third kappa shape index (κ3) is 2.04. The smallest absolute Gasteiger partial charge is 0.260 e. The van der Waals surface area contributed by atoms with Crippen LogP contribution in [0.15, 0.2) is 42.5 Å². The molecule has 0 spiro atoms. The molecule has 0 radical (unpaired) electrons. The lowest BCUT2D eigenvalue weighted by Crippen LogP contribution is -2.31. The Bertz CT molecular complexity index is 584. The van der Waals surface area contributed by atoms with Crippen LogP contribution in [0.5, 0.6) is 0 Å². The highest BCUT2D eigenvalue weighted by Crippen LogP contribution is 2.19. The zero-order chi connectivity index (χ0) is 12.4. The fraction of sp³-hybridized carbons (Fsp3) is 0.143. The number of nitrogens with zero attached hydrogens (tertiary/aromatic N) is 1. The van der Waals surface area contributed by atoms with Crippen LogP contribution in [0.3, 0.4) is 0 Å². The molecule has 86 valence electrons. The average molecular weight is 227 g/mol. The van der Waals surface area contributed by atoms with Gasteiger partial charge in [0.1, 0.15) is 0 Å². The van der Waals surface area contributed by atoms with Crippen molar-refractivity contribution in [3.05, 3.63) is 48.0 Å². The van der Waals surface area contributed by atoms with E-state index in [4.69, 9.17) is 0 Å². The van der Waals surface area contributed by atoms with Crippen molar-refractivity contribution in [1.82, 2.24) is 4.90 Å². The van der Waals surface area contributed by atoms with Crippen LogP contribution < -0.4 is 0 Å². The summed E-state index contributed by atoms with van der Waals surface area (Å²) >= 11 is 0. The van der Waals surface area contributed by atoms with E-state index in [1.807, 2.05) is 36.4 Å². The molecule has 0 aliphatic heterocycles. The number of carbonyl (C=O) groups is 2. The number of hydrogen-bond donors (Lipinski definition) is 0. The molecule has 2 aromatic carbocycles. The Hall–Kier alpha value is -2.16. The molecule has 2 rings (SSSR count). The van der Waals surface area contributed by atoms with Crippen molar-refractivity contribution in [3.63, 3.8) is 0 Å². The first kappa shape index (κ1) is 11.3. The molecule has 0 atom stereocenters. The van der Waals surface area contributed by atoms with Crippen molar-refractivity contribution in [2.24, 2.45) is 0 Å². The van der Waals surface area contributed by atoms with Crippen molar-refractivity contribution < 1.29 is 9.59 Å². The minimum atomic E-state index is -0.269. The number of carbonyl (C=O) groups excluding carboxylic acids is 2. The molecule has 17 heavy (non-hydrogen) atoms. The highest BCUT2D eigenvalue weighted by Gasteiger charge is 2.16. The molecule has 0 bridgehead atoms. The number of amides is 2. The van der Waals surface area contributed by atoms with Crippen LogP contribution in [-0.2, 0) is 4.79 Å². The Balaban J connectivity index is 2.56. The molecule has 3 heteroatoms. The molecule has 0 aliphatic carbocycles. The first-order valence-electron chi connectivity index (χ1n) is 5.37. The summed E-state index contributed by atoms with van der Waals surface area (Å²) in [5.74, 6) is -0.530. The highest BCUT2D eigenvalue weighted by molar-refractivity contribution is 6.11. The summed E-state index contributed by atoms with van der Waals surface area (Å²) in [6.07, 6.45) is 0. The van der Waals surface area contributed by atoms with Crippen LogP contribution in [0, 0.1) is 0 Å². The molecule has 0 unspecified atom stereocenters. The van der Waals surface area contributed by atoms with Gasteiger partial charge in [0, 0.05) is 19.5 Å². The molecule has 3 nitrogen and oxygen atoms in total. The van der Waals surface area contributed by atoms with Gasteiger partial charge in [0.25, 0.3) is 5.91 Å². The number of hydrogen-bond acceptors (Lipinski definition) is 2. The summed E-state index contributed by atoms with van der Waals surface area (Å²) in [5.41, 5.74) is 0.556. The van der Waals surface area contributed by atoms with Crippen LogP contribution in [0.1, 0.15) is 17.3 Å². The van der Waals surface area contributed by atoms with E-state index in [0.29, 0.717) is 5.56 Å². The molecule has 0 saturated carbocycles. The molecular weight excluding hydrogens is 214 g/mol. The third-order valence-corrected chi connectivity index (χ3v) is 2.80. The van der Waals surface area contributed by atoms with Gasteiger partial charge in [-0.05, 0) is 16.8 Å². The molecule has 0 aliphatic rings. The summed E-state index contributed by atoms with van der Waals surface area (Å²) in [6.45, 7) is 1.38. The third-order valence-electron chi connectivity index (χ3n) is 2.80. The lowest BCUT2D eigenvalue weighted by atomic mass is 10.0. The fourth-order valence-electron chi connectivity index (χ4n) is 1.74. The Morgan fingerprint density at radius 1 is 1.00 bits per heavy atom. The minimum absolute atomic E-state index is 0.261. The Morgan fingerprint density at radius 2 is 1.65 bits per heavy atom. The SMILES string of the molecule is CC(=O)N(C)C(=O)c1cccc2ccccc12. The van der Waals surface area contributed by atoms with Gasteiger partial charge in [-0.15, -0.1) is 0 Å². The number of rotatable bonds is 1. The van der Waals surface area contributed by atoms with Gasteiger partial charge < -0.3 is 0 Å². The number of fused-ring (bicyclic) bond motifs is 1. The summed E-state index contributed by atoms with van der Waals surface area (Å²) in [7, 11) is 1.49. The second kappa shape index (κ2) is 4.37. The molecule has 0 N–H and O–H groups in total. The zero-order valence-corrected chi connectivity index (χ0v) is 9.81. The Morgan fingerprint density at radius 3 is 2.35 bits per heavy atom. The second-order valence-corrected chi connectivity index (χ2v) is 3.91. The van der Waals surface area contributed by atoms with Crippen LogP contribution in [0.4, 0.5) is 0 Å². The first-order valence-corrected chi connectivity index (χ1v) is 5.37. The van der Waals surface area contributed by atoms with Gasteiger partial charge in [0.05, 0.1) is 0 Å². The zero-order valence-electron chi connectivity index (χ0n) is 9.81. The van der Waals surface area contributed by atoms with E-state index in [2.05, 4.69) is 0 Å². The lowest BCUT2D eigenvalue weighted by Gasteiger charge is -2.14. The van der Waals surface area contributed by atoms with Crippen LogP contribution in [0.25, 0.3) is 10.8 Å². The van der Waals surface area contributed by atoms with E-state index in [1.165, 1.54) is 14.0 Å². The summed E-state index contributed by atoms with van der Waals surface area (Å²) in [5, 5.41) is 1.86. The predicted molar refractivity (Wildman–Crippen MR) is 66.7 cm³/mol. The van der Waals surface area contributed by atoms with Gasteiger partial charge in [0.2, 0.25) is 5.91 Å². The Labute approximate surface area is 99.7 Å². The van der Waals surface area contributed by atoms with E-state index in [1.54, 1.807) is 6.07 Å². The maximum absolute atomic E-state index is 12.1. The maximum Gasteiger partial charge on any atom is 0.260 e. The monoisotopic (exact) mass is 227 g/mol. The quantitative estimate of drug-likeness (QED) is 0.750. The molecule has 0 saturated heterocycles. The van der Waals surface area contributed by atoms with Crippen molar-refractivity contribution in [2.75, 3.05) is 7.05 Å². The lowest BCUT2D eigenvalue weighted by molar-refractivity contribution is -0.125. The number of benzene rings is 2. The van der Waals surface area contributed by atoms with Gasteiger partial charge in [-0.25, -0.2) is 0 Å². The van der Waals surface area contributed by atoms with E-state index < -0.39 is 0 Å². The van der Waals surface area contributed by atoms with Gasteiger partial charge in [-0.3, -0.25) is 14.5 Å². The standard InChI is InChI=1S/C14H13NO2/c1-10(16)15(2)14(17)13-9-5-7-11-6-3-4-8-12(11)13/h3-9H,1-2H3. The maximum atomic E-state index is 12.1. The normalized spacial score (nSPS) is 10.2. The van der Waals surface area contributed by atoms with Crippen molar-refractivity contribution in [1.29, 1.82) is 0 Å². The molecular formula is C14H13NO2. The largest absolute Gasteiger partial charge is 0.282 e. The van der Waals surface area contributed by atoms with Gasteiger partial charge in [-0.2, -0.15) is 0 Å². The average Bonchev–Trinajstić information content (AvgIpc) is 2.36. The van der Waals surface area contributed by atoms with Crippen LogP contribution in [-0.4, -0.2) is 23.8 Å². The van der Waals surface area contributed by atoms with Crippen molar-refractivity contribution >= 4 is 22.6 Å². The van der Waals surface area contributed by atoms with Gasteiger partial charge in [0.15, 0.2) is 0 Å². The number of imide groups is 1. The van der Waals surface area contributed by atoms with Crippen molar-refractivity contribution in [2.45, 2.75) is 6.92 Å². The summed E-state index contributed by atoms with van der Waals surface area (Å²) < 4.78 is 0. The second-order valence-electron chi connectivity index (χ2n) is 3.91. The summed E-state index contributed by atoms with van der Waals surface area (Å²) in [4.78, 5) is 24.4. The highest BCUT2D eigenvalue weighted by atomic mass is 16.2. The van der Waals surface area contributed by atoms with Gasteiger partial charge in [-0.1, -0.05) is 36.4 Å². The van der Waals surface area contributed by atoms with Crippen LogP contribution >= 0.6 is 0 Å². The van der Waals surface area contributed by atoms with E-state index in [9.17, 15) is 9.59 Å². The molecule has 2 amide bonds. The van der Waals surface area contributed by atoms with E-state index >= 15 is 0 Å². The van der Waals surface area contributed by atoms with Crippen LogP contribution in [0.2, 0.25) is 0 Å². The fourth-order valence-corrected chi connectivity index (χ4v) is 1.74. The predicted octanol–water partition coefficient (Wildman–Crippen LogP) is 2.46.